The Kier molecular flexibility index (Phi) is 2.00. The lowest BCUT2D eigenvalue weighted by Crippen LogP contribution is -2.26. The minimum atomic E-state index is 0.346. The van der Waals surface area contributed by atoms with Gasteiger partial charge in [0.1, 0.15) is 0 Å². The molecule has 0 aliphatic carbocycles. The second kappa shape index (κ2) is 3.15. The molecule has 0 saturated carbocycles. The first-order valence-corrected chi connectivity index (χ1v) is 4.33. The van der Waals surface area contributed by atoms with Crippen LogP contribution >= 0.6 is 0 Å². The summed E-state index contributed by atoms with van der Waals surface area (Å²) >= 11 is 0. The van der Waals surface area contributed by atoms with Crippen molar-refractivity contribution in [1.29, 1.82) is 0 Å². The van der Waals surface area contributed by atoms with Gasteiger partial charge in [0.2, 0.25) is 0 Å². The number of benzene rings is 1. The summed E-state index contributed by atoms with van der Waals surface area (Å²) < 4.78 is 0. The fraction of sp³-hybridized carbons (Fsp3) is 0.400. The molecule has 1 heterocycles. The van der Waals surface area contributed by atoms with E-state index in [1.54, 1.807) is 0 Å². The lowest BCUT2D eigenvalue weighted by atomic mass is 10.3. The average molecular weight is 161 g/mol. The topological polar surface area (TPSA) is 29.3 Å². The summed E-state index contributed by atoms with van der Waals surface area (Å²) in [7, 11) is 0. The Morgan fingerprint density at radius 2 is 2.42 bits per heavy atom. The highest BCUT2D eigenvalue weighted by atomic mass is 15.2. The molecule has 1 saturated heterocycles. The van der Waals surface area contributed by atoms with E-state index in [2.05, 4.69) is 17.0 Å². The van der Waals surface area contributed by atoms with Crippen LogP contribution in [0.4, 0.5) is 5.69 Å². The van der Waals surface area contributed by atoms with E-state index in [1.165, 1.54) is 5.69 Å². The van der Waals surface area contributed by atoms with Crippen molar-refractivity contribution >= 4 is 5.69 Å². The first-order valence-electron chi connectivity index (χ1n) is 4.33. The molecular formula is C10H13N2. The highest BCUT2D eigenvalue weighted by Crippen LogP contribution is 2.17. The van der Waals surface area contributed by atoms with Crippen LogP contribution in [0.25, 0.3) is 0 Å². The number of hydrogen-bond donors (Lipinski definition) is 1. The van der Waals surface area contributed by atoms with Crippen LogP contribution in [0.5, 0.6) is 0 Å². The second-order valence-electron chi connectivity index (χ2n) is 3.24. The maximum atomic E-state index is 5.81. The van der Waals surface area contributed by atoms with Crippen molar-refractivity contribution < 1.29 is 0 Å². The molecular weight excluding hydrogens is 148 g/mol. The van der Waals surface area contributed by atoms with Gasteiger partial charge in [-0.05, 0) is 12.5 Å². The van der Waals surface area contributed by atoms with Gasteiger partial charge in [0, 0.05) is 30.9 Å². The summed E-state index contributed by atoms with van der Waals surface area (Å²) in [6.45, 7) is 2.04. The van der Waals surface area contributed by atoms with Crippen LogP contribution in [-0.2, 0) is 0 Å². The van der Waals surface area contributed by atoms with Crippen LogP contribution in [0.1, 0.15) is 6.42 Å². The van der Waals surface area contributed by atoms with Crippen molar-refractivity contribution in [1.82, 2.24) is 0 Å². The Morgan fingerprint density at radius 3 is 3.00 bits per heavy atom. The summed E-state index contributed by atoms with van der Waals surface area (Å²) in [5.74, 6) is 0. The predicted octanol–water partition coefficient (Wildman–Crippen LogP) is 1.02. The monoisotopic (exact) mass is 161 g/mol. The van der Waals surface area contributed by atoms with Crippen molar-refractivity contribution in [3.8, 4) is 0 Å². The zero-order valence-electron chi connectivity index (χ0n) is 7.03. The molecule has 0 bridgehead atoms. The van der Waals surface area contributed by atoms with Gasteiger partial charge in [0.25, 0.3) is 0 Å². The molecule has 1 radical (unpaired) electrons. The molecule has 1 fully saturated rings. The molecule has 2 heteroatoms. The van der Waals surface area contributed by atoms with Crippen LogP contribution in [0.2, 0.25) is 0 Å². The van der Waals surface area contributed by atoms with Crippen molar-refractivity contribution in [3.63, 3.8) is 0 Å². The molecule has 2 nitrogen and oxygen atoms in total. The molecule has 0 amide bonds. The van der Waals surface area contributed by atoms with Gasteiger partial charge in [-0.25, -0.2) is 0 Å². The summed E-state index contributed by atoms with van der Waals surface area (Å²) in [6.07, 6.45) is 1.10. The van der Waals surface area contributed by atoms with Crippen molar-refractivity contribution in [2.24, 2.45) is 5.73 Å². The van der Waals surface area contributed by atoms with E-state index in [-0.39, 0.29) is 0 Å². The highest BCUT2D eigenvalue weighted by molar-refractivity contribution is 5.45. The van der Waals surface area contributed by atoms with Gasteiger partial charge in [0.15, 0.2) is 0 Å². The molecule has 63 valence electrons. The van der Waals surface area contributed by atoms with E-state index in [1.807, 2.05) is 18.2 Å². The van der Waals surface area contributed by atoms with E-state index in [4.69, 9.17) is 5.73 Å². The van der Waals surface area contributed by atoms with Gasteiger partial charge in [0.05, 0.1) is 0 Å². The highest BCUT2D eigenvalue weighted by Gasteiger charge is 2.18. The lowest BCUT2D eigenvalue weighted by Gasteiger charge is -2.16. The van der Waals surface area contributed by atoms with Gasteiger partial charge < -0.3 is 10.6 Å². The van der Waals surface area contributed by atoms with Gasteiger partial charge in [-0.15, -0.1) is 0 Å². The zero-order valence-corrected chi connectivity index (χ0v) is 7.03. The molecule has 1 aliphatic rings. The standard InChI is InChI=1S/C10H13N2/c11-9-6-7-12(8-9)10-4-2-1-3-5-10/h1-4,9H,6-8,11H2. The summed E-state index contributed by atoms with van der Waals surface area (Å²) in [4.78, 5) is 2.28. The Bertz CT molecular complexity index is 245. The van der Waals surface area contributed by atoms with Crippen molar-refractivity contribution in [3.05, 3.63) is 30.3 Å². The van der Waals surface area contributed by atoms with Gasteiger partial charge >= 0.3 is 0 Å². The van der Waals surface area contributed by atoms with Gasteiger partial charge in [-0.2, -0.15) is 0 Å². The number of para-hydroxylation sites is 1. The van der Waals surface area contributed by atoms with E-state index >= 15 is 0 Å². The largest absolute Gasteiger partial charge is 0.369 e. The molecule has 1 aliphatic heterocycles. The maximum absolute atomic E-state index is 5.81. The van der Waals surface area contributed by atoms with Crippen LogP contribution < -0.4 is 10.6 Å². The minimum Gasteiger partial charge on any atom is -0.369 e. The van der Waals surface area contributed by atoms with Crippen molar-refractivity contribution in [2.75, 3.05) is 18.0 Å². The summed E-state index contributed by atoms with van der Waals surface area (Å²) in [5.41, 5.74) is 6.98. The molecule has 0 aromatic heterocycles. The third-order valence-electron chi connectivity index (χ3n) is 2.26. The van der Waals surface area contributed by atoms with E-state index < -0.39 is 0 Å². The fourth-order valence-electron chi connectivity index (χ4n) is 1.59. The van der Waals surface area contributed by atoms with E-state index in [0.717, 1.165) is 19.5 Å². The number of nitrogens with zero attached hydrogens (tertiary/aromatic N) is 1. The first kappa shape index (κ1) is 7.62. The van der Waals surface area contributed by atoms with Gasteiger partial charge in [-0.3, -0.25) is 0 Å². The third kappa shape index (κ3) is 1.43. The normalized spacial score (nSPS) is 23.1. The zero-order chi connectivity index (χ0) is 8.39. The molecule has 1 atom stereocenters. The second-order valence-corrected chi connectivity index (χ2v) is 3.24. The van der Waals surface area contributed by atoms with Crippen molar-refractivity contribution in [2.45, 2.75) is 12.5 Å². The maximum Gasteiger partial charge on any atom is 0.0447 e. The Labute approximate surface area is 73.0 Å². The molecule has 1 unspecified atom stereocenters. The molecule has 2 rings (SSSR count). The quantitative estimate of drug-likeness (QED) is 0.666. The number of rotatable bonds is 1. The van der Waals surface area contributed by atoms with Gasteiger partial charge in [-0.1, -0.05) is 18.2 Å². The smallest absolute Gasteiger partial charge is 0.0447 e. The van der Waals surface area contributed by atoms with E-state index in [9.17, 15) is 0 Å². The Morgan fingerprint density at radius 1 is 1.50 bits per heavy atom. The minimum absolute atomic E-state index is 0.346. The predicted molar refractivity (Wildman–Crippen MR) is 50.1 cm³/mol. The van der Waals surface area contributed by atoms with Crippen LogP contribution in [0.3, 0.4) is 0 Å². The molecule has 2 N–H and O–H groups in total. The number of anilines is 1. The Balaban J connectivity index is 2.11. The SMILES string of the molecule is NC1CCN(c2[c]cccc2)C1. The van der Waals surface area contributed by atoms with E-state index in [0.29, 0.717) is 6.04 Å². The summed E-state index contributed by atoms with van der Waals surface area (Å²) in [5, 5.41) is 0. The fourth-order valence-corrected chi connectivity index (χ4v) is 1.59. The lowest BCUT2D eigenvalue weighted by molar-refractivity contribution is 0.752. The Hall–Kier alpha value is -1.02. The van der Waals surface area contributed by atoms with Crippen LogP contribution in [0, 0.1) is 6.07 Å². The third-order valence-corrected chi connectivity index (χ3v) is 2.26. The molecule has 1 aromatic rings. The molecule has 1 aromatic carbocycles. The first-order chi connectivity index (χ1) is 5.86. The average Bonchev–Trinajstić information content (AvgIpc) is 2.54. The van der Waals surface area contributed by atoms with Crippen LogP contribution in [-0.4, -0.2) is 19.1 Å². The summed E-state index contributed by atoms with van der Waals surface area (Å²) in [6, 6.07) is 11.6. The molecule has 12 heavy (non-hydrogen) atoms. The number of hydrogen-bond acceptors (Lipinski definition) is 2. The molecule has 0 spiro atoms. The number of nitrogens with two attached hydrogens (primary N) is 1. The van der Waals surface area contributed by atoms with Crippen LogP contribution in [0.15, 0.2) is 24.3 Å².